The second-order valence-corrected chi connectivity index (χ2v) is 20.0. The lowest BCUT2D eigenvalue weighted by molar-refractivity contribution is -0.249. The van der Waals surface area contributed by atoms with Crippen molar-refractivity contribution in [1.29, 1.82) is 0 Å². The molecule has 282 valence electrons. The Bertz CT molecular complexity index is 1400. The molecule has 5 fully saturated rings. The van der Waals surface area contributed by atoms with Crippen LogP contribution in [0.25, 0.3) is 0 Å². The highest BCUT2D eigenvalue weighted by Crippen LogP contribution is 2.77. The number of hydrogen-bond acceptors (Lipinski definition) is 5. The molecule has 50 heavy (non-hydrogen) atoms. The van der Waals surface area contributed by atoms with Crippen LogP contribution < -0.4 is 5.32 Å². The molecule has 0 aromatic carbocycles. The smallest absolute Gasteiger partial charge is 0.326 e. The zero-order valence-corrected chi connectivity index (χ0v) is 32.7. The quantitative estimate of drug-likeness (QED) is 0.154. The second kappa shape index (κ2) is 12.9. The summed E-state index contributed by atoms with van der Waals surface area (Å²) in [6.07, 6.45) is 9.53. The third-order valence-electron chi connectivity index (χ3n) is 16.2. The summed E-state index contributed by atoms with van der Waals surface area (Å²) < 4.78 is 6.15. The second-order valence-electron chi connectivity index (χ2n) is 20.0. The molecular formula is C42H67NO7. The fourth-order valence-electron chi connectivity index (χ4n) is 13.4. The van der Waals surface area contributed by atoms with E-state index in [0.717, 1.165) is 69.8 Å². The summed E-state index contributed by atoms with van der Waals surface area (Å²) in [4.78, 5) is 51.5. The van der Waals surface area contributed by atoms with Gasteiger partial charge in [0.25, 0.3) is 0 Å². The number of amides is 1. The largest absolute Gasteiger partial charge is 0.481 e. The molecule has 0 aliphatic heterocycles. The Morgan fingerprint density at radius 2 is 1.52 bits per heavy atom. The van der Waals surface area contributed by atoms with E-state index in [-0.39, 0.29) is 57.8 Å². The molecular weight excluding hydrogens is 630 g/mol. The molecule has 5 aliphatic carbocycles. The van der Waals surface area contributed by atoms with Gasteiger partial charge in [0.05, 0.1) is 17.3 Å². The molecule has 0 saturated heterocycles. The van der Waals surface area contributed by atoms with Crippen molar-refractivity contribution in [2.24, 2.45) is 68.0 Å². The molecule has 11 atom stereocenters. The standard InChI is InChI=1S/C42H67NO7/c1-24(2)22-28(34(45)46)43-35(47)42-19-14-26(25(3)4)33(42)27-12-13-30-39(9)17-16-31(50-32(44)23-37(5,6)36(48)49)38(7,8)29(39)15-18-41(30,11)40(27,10)20-21-42/h24,26-31,33H,3,12-23H2,1-2,4-11H3,(H,43,47)(H,45,46)(H,48,49)/t26?,27-,28?,29+,30?,31+,33-,39+,40-,41-,42+/m1/s1. The van der Waals surface area contributed by atoms with Crippen LogP contribution in [0.5, 0.6) is 0 Å². The number of fused-ring (bicyclic) bond motifs is 7. The highest BCUT2D eigenvalue weighted by atomic mass is 16.5. The van der Waals surface area contributed by atoms with Crippen molar-refractivity contribution in [1.82, 2.24) is 5.32 Å². The fourth-order valence-corrected chi connectivity index (χ4v) is 13.4. The Morgan fingerprint density at radius 1 is 0.860 bits per heavy atom. The van der Waals surface area contributed by atoms with Gasteiger partial charge in [-0.25, -0.2) is 4.79 Å². The van der Waals surface area contributed by atoms with E-state index < -0.39 is 34.8 Å². The number of carboxylic acid groups (broad SMARTS) is 2. The molecule has 8 heteroatoms. The Balaban J connectivity index is 1.42. The van der Waals surface area contributed by atoms with Crippen LogP contribution in [-0.4, -0.2) is 46.2 Å². The van der Waals surface area contributed by atoms with E-state index in [1.54, 1.807) is 13.8 Å². The summed E-state index contributed by atoms with van der Waals surface area (Å²) in [5, 5.41) is 22.7. The van der Waals surface area contributed by atoms with E-state index in [4.69, 9.17) is 4.74 Å². The molecule has 0 spiro atoms. The van der Waals surface area contributed by atoms with E-state index in [1.807, 2.05) is 13.8 Å². The lowest BCUT2D eigenvalue weighted by Crippen LogP contribution is -2.67. The van der Waals surface area contributed by atoms with Gasteiger partial charge in [-0.15, -0.1) is 0 Å². The summed E-state index contributed by atoms with van der Waals surface area (Å²) in [5.74, 6) is -0.658. The van der Waals surface area contributed by atoms with E-state index in [9.17, 15) is 29.4 Å². The predicted octanol–water partition coefficient (Wildman–Crippen LogP) is 8.67. The number of allylic oxidation sites excluding steroid dienone is 1. The van der Waals surface area contributed by atoms with E-state index in [1.165, 1.54) is 0 Å². The molecule has 0 heterocycles. The maximum Gasteiger partial charge on any atom is 0.326 e. The number of aliphatic carboxylic acids is 2. The minimum absolute atomic E-state index is 0.0242. The number of carbonyl (C=O) groups is 4. The molecule has 0 radical (unpaired) electrons. The zero-order chi connectivity index (χ0) is 37.4. The summed E-state index contributed by atoms with van der Waals surface area (Å²) in [6.45, 7) is 25.8. The average molecular weight is 698 g/mol. The van der Waals surface area contributed by atoms with Crippen molar-refractivity contribution in [3.63, 3.8) is 0 Å². The fraction of sp³-hybridized carbons (Fsp3) is 0.857. The van der Waals surface area contributed by atoms with Gasteiger partial charge in [-0.1, -0.05) is 60.6 Å². The van der Waals surface area contributed by atoms with Crippen molar-refractivity contribution >= 4 is 23.8 Å². The van der Waals surface area contributed by atoms with Crippen LogP contribution in [0.3, 0.4) is 0 Å². The van der Waals surface area contributed by atoms with Crippen molar-refractivity contribution in [2.75, 3.05) is 0 Å². The van der Waals surface area contributed by atoms with Gasteiger partial charge in [-0.3, -0.25) is 14.4 Å². The third kappa shape index (κ3) is 5.94. The normalized spacial score (nSPS) is 41.1. The average Bonchev–Trinajstić information content (AvgIpc) is 3.39. The topological polar surface area (TPSA) is 130 Å². The molecule has 5 saturated carbocycles. The van der Waals surface area contributed by atoms with E-state index in [2.05, 4.69) is 53.4 Å². The molecule has 1 amide bonds. The van der Waals surface area contributed by atoms with Crippen LogP contribution in [0, 0.1) is 68.0 Å². The first kappa shape index (κ1) is 38.8. The summed E-state index contributed by atoms with van der Waals surface area (Å²) in [5.41, 5.74) is -0.680. The van der Waals surface area contributed by atoms with Crippen LogP contribution in [-0.2, 0) is 23.9 Å². The lowest BCUT2D eigenvalue weighted by Gasteiger charge is -2.72. The number of carbonyl (C=O) groups excluding carboxylic acids is 2. The summed E-state index contributed by atoms with van der Waals surface area (Å²) in [6, 6.07) is -0.875. The first-order valence-corrected chi connectivity index (χ1v) is 19.6. The Hall–Kier alpha value is -2.38. The number of ether oxygens (including phenoxy) is 1. The third-order valence-corrected chi connectivity index (χ3v) is 16.2. The van der Waals surface area contributed by atoms with Crippen molar-refractivity contribution in [3.05, 3.63) is 12.2 Å². The zero-order valence-electron chi connectivity index (χ0n) is 32.7. The van der Waals surface area contributed by atoms with Crippen LogP contribution in [0.15, 0.2) is 12.2 Å². The molecule has 8 nitrogen and oxygen atoms in total. The van der Waals surface area contributed by atoms with Crippen LogP contribution in [0.2, 0.25) is 0 Å². The minimum Gasteiger partial charge on any atom is -0.481 e. The van der Waals surface area contributed by atoms with Gasteiger partial charge in [0.15, 0.2) is 0 Å². The van der Waals surface area contributed by atoms with Gasteiger partial charge in [0, 0.05) is 5.41 Å². The van der Waals surface area contributed by atoms with Crippen molar-refractivity contribution < 1.29 is 34.1 Å². The SMILES string of the molecule is C=C(C)C1CC[C@]2(C(=O)NC(CC(C)C)C(=O)O)CC[C@]3(C)[C@H](CCC4[C@@]5(C)CC[C@H](OC(=O)CC(C)(C)C(=O)O)C(C)(C)[C@@H]5CC[C@]43C)[C@@H]12. The number of hydrogen-bond donors (Lipinski definition) is 3. The minimum atomic E-state index is -1.17. The maximum absolute atomic E-state index is 14.5. The van der Waals surface area contributed by atoms with Crippen molar-refractivity contribution in [2.45, 2.75) is 158 Å². The Labute approximate surface area is 301 Å². The van der Waals surface area contributed by atoms with Gasteiger partial charge in [-0.05, 0) is 143 Å². The van der Waals surface area contributed by atoms with Crippen molar-refractivity contribution in [3.8, 4) is 0 Å². The molecule has 3 N–H and O–H groups in total. The first-order valence-electron chi connectivity index (χ1n) is 19.6. The molecule has 0 aromatic rings. The van der Waals surface area contributed by atoms with Gasteiger partial charge >= 0.3 is 17.9 Å². The number of nitrogens with one attached hydrogen (secondary N) is 1. The van der Waals surface area contributed by atoms with Crippen LogP contribution in [0.4, 0.5) is 0 Å². The monoisotopic (exact) mass is 697 g/mol. The molecule has 0 bridgehead atoms. The molecule has 3 unspecified atom stereocenters. The molecule has 5 rings (SSSR count). The number of esters is 1. The number of carboxylic acids is 2. The maximum atomic E-state index is 14.5. The van der Waals surface area contributed by atoms with Crippen LogP contribution >= 0.6 is 0 Å². The summed E-state index contributed by atoms with van der Waals surface area (Å²) in [7, 11) is 0. The Kier molecular flexibility index (Phi) is 10.0. The van der Waals surface area contributed by atoms with Gasteiger partial charge in [0.1, 0.15) is 12.1 Å². The van der Waals surface area contributed by atoms with Gasteiger partial charge in [-0.2, -0.15) is 0 Å². The first-order chi connectivity index (χ1) is 23.0. The summed E-state index contributed by atoms with van der Waals surface area (Å²) >= 11 is 0. The molecule has 5 aliphatic rings. The highest BCUT2D eigenvalue weighted by molar-refractivity contribution is 5.88. The molecule has 0 aromatic heterocycles. The number of rotatable bonds is 10. The van der Waals surface area contributed by atoms with Crippen LogP contribution in [0.1, 0.15) is 146 Å². The highest BCUT2D eigenvalue weighted by Gasteiger charge is 2.72. The lowest BCUT2D eigenvalue weighted by atomic mass is 9.32. The van der Waals surface area contributed by atoms with Gasteiger partial charge in [0.2, 0.25) is 5.91 Å². The Morgan fingerprint density at radius 3 is 2.10 bits per heavy atom. The predicted molar refractivity (Wildman–Crippen MR) is 194 cm³/mol. The van der Waals surface area contributed by atoms with E-state index >= 15 is 0 Å². The van der Waals surface area contributed by atoms with Gasteiger partial charge < -0.3 is 20.3 Å². The van der Waals surface area contributed by atoms with E-state index in [0.29, 0.717) is 24.2 Å².